The Balaban J connectivity index is 3.65. The molecule has 0 aromatic carbocycles. The predicted molar refractivity (Wildman–Crippen MR) is 56.7 cm³/mol. The van der Waals surface area contributed by atoms with Gasteiger partial charge in [-0.05, 0) is 25.0 Å². The molecule has 0 spiro atoms. The van der Waals surface area contributed by atoms with Gasteiger partial charge in [0.1, 0.15) is 5.78 Å². The molecule has 1 nitrogen and oxygen atoms in total. The highest BCUT2D eigenvalue weighted by Crippen LogP contribution is 2.19. The zero-order valence-electron chi connectivity index (χ0n) is 8.59. The highest BCUT2D eigenvalue weighted by molar-refractivity contribution is 8.00. The first-order valence-electron chi connectivity index (χ1n) is 4.73. The van der Waals surface area contributed by atoms with Crippen molar-refractivity contribution in [1.82, 2.24) is 0 Å². The van der Waals surface area contributed by atoms with Gasteiger partial charge in [0.15, 0.2) is 0 Å². The first-order chi connectivity index (χ1) is 5.61. The van der Waals surface area contributed by atoms with Crippen molar-refractivity contribution < 1.29 is 4.79 Å². The molecule has 0 rings (SSSR count). The smallest absolute Gasteiger partial charge is 0.142 e. The Morgan fingerprint density at radius 3 is 2.25 bits per heavy atom. The zero-order chi connectivity index (χ0) is 9.56. The molecule has 0 amide bonds. The Morgan fingerprint density at radius 1 is 1.33 bits per heavy atom. The monoisotopic (exact) mass is 188 g/mol. The largest absolute Gasteiger partial charge is 0.299 e. The summed E-state index contributed by atoms with van der Waals surface area (Å²) in [5.41, 5.74) is 0. The van der Waals surface area contributed by atoms with Gasteiger partial charge in [0.25, 0.3) is 0 Å². The fraction of sp³-hybridized carbons (Fsp3) is 0.900. The lowest BCUT2D eigenvalue weighted by Crippen LogP contribution is -2.14. The van der Waals surface area contributed by atoms with Crippen LogP contribution in [0.25, 0.3) is 0 Å². The first kappa shape index (κ1) is 12.0. The van der Waals surface area contributed by atoms with Crippen LogP contribution >= 0.6 is 11.8 Å². The van der Waals surface area contributed by atoms with Gasteiger partial charge in [0.2, 0.25) is 0 Å². The van der Waals surface area contributed by atoms with Crippen molar-refractivity contribution in [3.8, 4) is 0 Å². The van der Waals surface area contributed by atoms with Gasteiger partial charge in [-0.2, -0.15) is 11.8 Å². The van der Waals surface area contributed by atoms with E-state index in [1.165, 1.54) is 6.42 Å². The van der Waals surface area contributed by atoms with E-state index in [9.17, 15) is 4.79 Å². The van der Waals surface area contributed by atoms with Gasteiger partial charge in [-0.15, -0.1) is 0 Å². The highest BCUT2D eigenvalue weighted by Gasteiger charge is 2.12. The number of ketones is 1. The van der Waals surface area contributed by atoms with Crippen molar-refractivity contribution in [2.24, 2.45) is 5.92 Å². The Labute approximate surface area is 80.3 Å². The van der Waals surface area contributed by atoms with Gasteiger partial charge < -0.3 is 0 Å². The van der Waals surface area contributed by atoms with Crippen LogP contribution < -0.4 is 0 Å². The van der Waals surface area contributed by atoms with E-state index in [1.807, 2.05) is 11.8 Å². The minimum atomic E-state index is 0.235. The summed E-state index contributed by atoms with van der Waals surface area (Å²) in [6.45, 7) is 8.20. The van der Waals surface area contributed by atoms with Crippen LogP contribution in [0.15, 0.2) is 0 Å². The molecule has 0 saturated carbocycles. The molecule has 0 aliphatic heterocycles. The third kappa shape index (κ3) is 4.81. The summed E-state index contributed by atoms with van der Waals surface area (Å²) in [7, 11) is 0. The fourth-order valence-corrected chi connectivity index (χ4v) is 2.19. The number of hydrogen-bond donors (Lipinski definition) is 0. The Hall–Kier alpha value is 0.0200. The summed E-state index contributed by atoms with van der Waals surface area (Å²) >= 11 is 1.81. The van der Waals surface area contributed by atoms with Crippen LogP contribution in [0.4, 0.5) is 0 Å². The summed E-state index contributed by atoms with van der Waals surface area (Å²) in [4.78, 5) is 11.1. The normalized spacial score (nSPS) is 15.7. The van der Waals surface area contributed by atoms with Gasteiger partial charge >= 0.3 is 0 Å². The lowest BCUT2D eigenvalue weighted by molar-refractivity contribution is -0.116. The molecule has 0 saturated heterocycles. The van der Waals surface area contributed by atoms with Gasteiger partial charge in [-0.1, -0.05) is 27.2 Å². The van der Waals surface area contributed by atoms with Gasteiger partial charge in [0.05, 0.1) is 5.25 Å². The Kier molecular flexibility index (Phi) is 6.54. The van der Waals surface area contributed by atoms with Crippen molar-refractivity contribution in [1.29, 1.82) is 0 Å². The van der Waals surface area contributed by atoms with E-state index < -0.39 is 0 Å². The van der Waals surface area contributed by atoms with E-state index in [2.05, 4.69) is 20.8 Å². The number of carbonyl (C=O) groups is 1. The molecule has 2 unspecified atom stereocenters. The summed E-state index contributed by atoms with van der Waals surface area (Å²) in [6.07, 6.45) is 2.18. The molecule has 0 fully saturated rings. The average molecular weight is 188 g/mol. The number of thioether (sulfide) groups is 1. The first-order valence-corrected chi connectivity index (χ1v) is 5.78. The van der Waals surface area contributed by atoms with Gasteiger partial charge in [-0.3, -0.25) is 4.79 Å². The summed E-state index contributed by atoms with van der Waals surface area (Å²) in [5.74, 6) is 2.18. The summed E-state index contributed by atoms with van der Waals surface area (Å²) in [6, 6.07) is 0. The minimum Gasteiger partial charge on any atom is -0.299 e. The maximum atomic E-state index is 11.1. The molecular weight excluding hydrogens is 168 g/mol. The molecule has 0 heterocycles. The molecule has 0 radical (unpaired) electrons. The number of carbonyl (C=O) groups excluding carboxylic acids is 1. The van der Waals surface area contributed by atoms with Crippen LogP contribution in [0, 0.1) is 5.92 Å². The fourth-order valence-electron chi connectivity index (χ4n) is 0.921. The van der Waals surface area contributed by atoms with Crippen LogP contribution in [0.2, 0.25) is 0 Å². The zero-order valence-corrected chi connectivity index (χ0v) is 9.41. The van der Waals surface area contributed by atoms with Gasteiger partial charge in [0, 0.05) is 0 Å². The van der Waals surface area contributed by atoms with Crippen molar-refractivity contribution in [2.75, 3.05) is 5.75 Å². The molecule has 72 valence electrons. The molecule has 0 aromatic heterocycles. The second-order valence-corrected chi connectivity index (χ2v) is 4.59. The topological polar surface area (TPSA) is 17.1 Å². The van der Waals surface area contributed by atoms with Crippen LogP contribution in [-0.4, -0.2) is 16.8 Å². The van der Waals surface area contributed by atoms with Crippen LogP contribution in [0.3, 0.4) is 0 Å². The Bertz CT molecular complexity index is 134. The maximum Gasteiger partial charge on any atom is 0.142 e. The quantitative estimate of drug-likeness (QED) is 0.637. The second-order valence-electron chi connectivity index (χ2n) is 3.35. The molecule has 0 aliphatic rings. The molecule has 0 aliphatic carbocycles. The lowest BCUT2D eigenvalue weighted by atomic mass is 10.2. The van der Waals surface area contributed by atoms with Gasteiger partial charge in [-0.25, -0.2) is 0 Å². The van der Waals surface area contributed by atoms with Crippen molar-refractivity contribution >= 4 is 17.5 Å². The van der Waals surface area contributed by atoms with Crippen molar-refractivity contribution in [2.45, 2.75) is 45.8 Å². The molecular formula is C10H20OS. The standard InChI is InChI=1S/C10H20OS/c1-5-8(3)7-12-10(6-2)9(4)11/h8,10H,5-7H2,1-4H3. The second kappa shape index (κ2) is 6.53. The molecule has 2 heteroatoms. The van der Waals surface area contributed by atoms with E-state index in [1.54, 1.807) is 6.92 Å². The van der Waals surface area contributed by atoms with E-state index in [0.29, 0.717) is 5.78 Å². The van der Waals surface area contributed by atoms with Crippen LogP contribution in [0.5, 0.6) is 0 Å². The summed E-state index contributed by atoms with van der Waals surface area (Å²) < 4.78 is 0. The minimum absolute atomic E-state index is 0.235. The van der Waals surface area contributed by atoms with Crippen molar-refractivity contribution in [3.63, 3.8) is 0 Å². The maximum absolute atomic E-state index is 11.1. The van der Waals surface area contributed by atoms with E-state index >= 15 is 0 Å². The van der Waals surface area contributed by atoms with E-state index in [-0.39, 0.29) is 5.25 Å². The Morgan fingerprint density at radius 2 is 1.92 bits per heavy atom. The molecule has 0 N–H and O–H groups in total. The SMILES string of the molecule is CCC(C)CSC(CC)C(C)=O. The molecule has 2 atom stereocenters. The predicted octanol–water partition coefficient (Wildman–Crippen LogP) is 3.13. The number of hydrogen-bond acceptors (Lipinski definition) is 2. The third-order valence-electron chi connectivity index (χ3n) is 2.10. The lowest BCUT2D eigenvalue weighted by Gasteiger charge is -2.13. The molecule has 12 heavy (non-hydrogen) atoms. The number of Topliss-reactive ketones (excluding diaryl/α,β-unsaturated/α-hetero) is 1. The van der Waals surface area contributed by atoms with Crippen LogP contribution in [-0.2, 0) is 4.79 Å². The molecule has 0 bridgehead atoms. The van der Waals surface area contributed by atoms with Crippen LogP contribution in [0.1, 0.15) is 40.5 Å². The molecule has 0 aromatic rings. The third-order valence-corrected chi connectivity index (χ3v) is 3.93. The summed E-state index contributed by atoms with van der Waals surface area (Å²) in [5, 5.41) is 0.235. The average Bonchev–Trinajstić information content (AvgIpc) is 2.04. The van der Waals surface area contributed by atoms with E-state index in [4.69, 9.17) is 0 Å². The highest BCUT2D eigenvalue weighted by atomic mass is 32.2. The van der Waals surface area contributed by atoms with E-state index in [0.717, 1.165) is 18.1 Å². The van der Waals surface area contributed by atoms with Crippen molar-refractivity contribution in [3.05, 3.63) is 0 Å². The number of rotatable bonds is 6.